The number of carbonyl (C=O) groups is 1. The van der Waals surface area contributed by atoms with Gasteiger partial charge >= 0.3 is 0 Å². The Morgan fingerprint density at radius 2 is 2.08 bits per heavy atom. The van der Waals surface area contributed by atoms with Crippen LogP contribution in [0.1, 0.15) is 37.8 Å². The monoisotopic (exact) mass is 329 g/mol. The van der Waals surface area contributed by atoms with Crippen LogP contribution in [0, 0.1) is 5.41 Å². The molecular formula is C19H27N3O2. The van der Waals surface area contributed by atoms with Gasteiger partial charge in [-0.1, -0.05) is 6.07 Å². The Kier molecular flexibility index (Phi) is 4.55. The fourth-order valence-electron chi connectivity index (χ4n) is 4.41. The van der Waals surface area contributed by atoms with Crippen molar-refractivity contribution >= 4 is 5.91 Å². The van der Waals surface area contributed by atoms with Crippen molar-refractivity contribution in [2.24, 2.45) is 5.41 Å². The molecule has 0 aromatic carbocycles. The molecule has 5 nitrogen and oxygen atoms in total. The second-order valence-corrected chi connectivity index (χ2v) is 7.61. The summed E-state index contributed by atoms with van der Waals surface area (Å²) in [6, 6.07) is 6.12. The molecule has 3 fully saturated rings. The lowest BCUT2D eigenvalue weighted by Crippen LogP contribution is -2.43. The van der Waals surface area contributed by atoms with Crippen molar-refractivity contribution in [3.05, 3.63) is 30.1 Å². The van der Waals surface area contributed by atoms with Crippen LogP contribution >= 0.6 is 0 Å². The van der Waals surface area contributed by atoms with Gasteiger partial charge in [0, 0.05) is 32.4 Å². The van der Waals surface area contributed by atoms with Gasteiger partial charge in [0.25, 0.3) is 5.91 Å². The number of amides is 1. The third kappa shape index (κ3) is 3.33. The van der Waals surface area contributed by atoms with Gasteiger partial charge in [-0.2, -0.15) is 0 Å². The molecule has 1 amide bonds. The van der Waals surface area contributed by atoms with Gasteiger partial charge in [-0.25, -0.2) is 0 Å². The molecule has 0 radical (unpaired) electrons. The molecule has 3 saturated heterocycles. The molecule has 1 aromatic rings. The number of likely N-dealkylation sites (tertiary alicyclic amines) is 2. The predicted molar refractivity (Wildman–Crippen MR) is 91.4 cm³/mol. The fraction of sp³-hybridized carbons (Fsp3) is 0.684. The highest BCUT2D eigenvalue weighted by Crippen LogP contribution is 2.41. The van der Waals surface area contributed by atoms with E-state index in [0.29, 0.717) is 5.41 Å². The van der Waals surface area contributed by atoms with E-state index in [-0.39, 0.29) is 12.0 Å². The molecule has 0 bridgehead atoms. The number of hydrogen-bond acceptors (Lipinski definition) is 4. The zero-order valence-electron chi connectivity index (χ0n) is 14.3. The SMILES string of the molecule is O=C([C@@H]1CCCO1)N1CCC2(CCN(Cc3ccccn3)CC2)C1. The van der Waals surface area contributed by atoms with Crippen LogP contribution in [0.25, 0.3) is 0 Å². The number of nitrogens with zero attached hydrogens (tertiary/aromatic N) is 3. The minimum absolute atomic E-state index is 0.163. The largest absolute Gasteiger partial charge is 0.368 e. The highest BCUT2D eigenvalue weighted by molar-refractivity contribution is 5.81. The van der Waals surface area contributed by atoms with E-state index in [0.717, 1.165) is 64.3 Å². The maximum atomic E-state index is 12.6. The Morgan fingerprint density at radius 3 is 2.79 bits per heavy atom. The smallest absolute Gasteiger partial charge is 0.251 e. The number of ether oxygens (including phenoxy) is 1. The molecular weight excluding hydrogens is 302 g/mol. The summed E-state index contributed by atoms with van der Waals surface area (Å²) >= 11 is 0. The van der Waals surface area contributed by atoms with Gasteiger partial charge < -0.3 is 9.64 Å². The van der Waals surface area contributed by atoms with Crippen LogP contribution in [0.3, 0.4) is 0 Å². The molecule has 5 heteroatoms. The number of piperidine rings is 1. The summed E-state index contributed by atoms with van der Waals surface area (Å²) in [7, 11) is 0. The summed E-state index contributed by atoms with van der Waals surface area (Å²) in [6.07, 6.45) is 7.17. The topological polar surface area (TPSA) is 45.7 Å². The van der Waals surface area contributed by atoms with Gasteiger partial charge in [0.15, 0.2) is 0 Å². The first kappa shape index (κ1) is 16.0. The highest BCUT2D eigenvalue weighted by atomic mass is 16.5. The first-order chi connectivity index (χ1) is 11.7. The van der Waals surface area contributed by atoms with Crippen LogP contribution in [0.2, 0.25) is 0 Å². The van der Waals surface area contributed by atoms with E-state index < -0.39 is 0 Å². The number of aromatic nitrogens is 1. The van der Waals surface area contributed by atoms with Crippen LogP contribution in [-0.2, 0) is 16.1 Å². The molecule has 0 saturated carbocycles. The second-order valence-electron chi connectivity index (χ2n) is 7.61. The lowest BCUT2D eigenvalue weighted by molar-refractivity contribution is -0.140. The Morgan fingerprint density at radius 1 is 1.25 bits per heavy atom. The van der Waals surface area contributed by atoms with E-state index in [2.05, 4.69) is 26.9 Å². The lowest BCUT2D eigenvalue weighted by Gasteiger charge is -2.39. The molecule has 3 aliphatic rings. The first-order valence-corrected chi connectivity index (χ1v) is 9.27. The first-order valence-electron chi connectivity index (χ1n) is 9.27. The average Bonchev–Trinajstić information content (AvgIpc) is 3.28. The summed E-state index contributed by atoms with van der Waals surface area (Å²) in [6.45, 7) is 5.76. The molecule has 1 aromatic heterocycles. The molecule has 4 heterocycles. The minimum Gasteiger partial charge on any atom is -0.368 e. The maximum absolute atomic E-state index is 12.6. The lowest BCUT2D eigenvalue weighted by atomic mass is 9.78. The van der Waals surface area contributed by atoms with Gasteiger partial charge in [0.1, 0.15) is 6.10 Å². The summed E-state index contributed by atoms with van der Waals surface area (Å²) < 4.78 is 5.58. The summed E-state index contributed by atoms with van der Waals surface area (Å²) in [5.41, 5.74) is 1.49. The predicted octanol–water partition coefficient (Wildman–Crippen LogP) is 2.08. The van der Waals surface area contributed by atoms with Gasteiger partial charge in [-0.15, -0.1) is 0 Å². The minimum atomic E-state index is -0.163. The summed E-state index contributed by atoms with van der Waals surface area (Å²) in [5.74, 6) is 0.236. The van der Waals surface area contributed by atoms with Crippen molar-refractivity contribution < 1.29 is 9.53 Å². The second kappa shape index (κ2) is 6.81. The molecule has 0 unspecified atom stereocenters. The van der Waals surface area contributed by atoms with Crippen molar-refractivity contribution in [2.45, 2.75) is 44.8 Å². The summed E-state index contributed by atoms with van der Waals surface area (Å²) in [5, 5.41) is 0. The van der Waals surface area contributed by atoms with E-state index >= 15 is 0 Å². The van der Waals surface area contributed by atoms with E-state index in [1.807, 2.05) is 12.3 Å². The standard InChI is InChI=1S/C19H27N3O2/c23-18(17-5-3-13-24-17)22-12-8-19(15-22)6-10-21(11-7-19)14-16-4-1-2-9-20-16/h1-2,4,9,17H,3,5-8,10-15H2/t17-/m0/s1. The Labute approximate surface area is 144 Å². The Hall–Kier alpha value is -1.46. The van der Waals surface area contributed by atoms with Gasteiger partial charge in [-0.3, -0.25) is 14.7 Å². The van der Waals surface area contributed by atoms with Crippen molar-refractivity contribution in [3.8, 4) is 0 Å². The molecule has 0 N–H and O–H groups in total. The number of carbonyl (C=O) groups excluding carboxylic acids is 1. The summed E-state index contributed by atoms with van der Waals surface area (Å²) in [4.78, 5) is 21.6. The Bertz CT molecular complexity index is 563. The molecule has 1 spiro atoms. The van der Waals surface area contributed by atoms with E-state index in [4.69, 9.17) is 4.74 Å². The average molecular weight is 329 g/mol. The molecule has 1 atom stereocenters. The van der Waals surface area contributed by atoms with Crippen LogP contribution in [0.4, 0.5) is 0 Å². The van der Waals surface area contributed by atoms with Crippen molar-refractivity contribution in [2.75, 3.05) is 32.8 Å². The van der Waals surface area contributed by atoms with E-state index in [9.17, 15) is 4.79 Å². The van der Waals surface area contributed by atoms with E-state index in [1.165, 1.54) is 12.8 Å². The van der Waals surface area contributed by atoms with Gasteiger partial charge in [0.05, 0.1) is 5.69 Å². The highest BCUT2D eigenvalue weighted by Gasteiger charge is 2.43. The molecule has 130 valence electrons. The van der Waals surface area contributed by atoms with Crippen molar-refractivity contribution in [1.82, 2.24) is 14.8 Å². The van der Waals surface area contributed by atoms with Crippen LogP contribution in [-0.4, -0.2) is 59.6 Å². The molecule has 4 rings (SSSR count). The third-order valence-corrected chi connectivity index (χ3v) is 5.98. The Balaban J connectivity index is 1.30. The van der Waals surface area contributed by atoms with Crippen LogP contribution < -0.4 is 0 Å². The zero-order chi connectivity index (χ0) is 16.4. The van der Waals surface area contributed by atoms with Gasteiger partial charge in [-0.05, 0) is 62.7 Å². The maximum Gasteiger partial charge on any atom is 0.251 e. The van der Waals surface area contributed by atoms with Crippen LogP contribution in [0.15, 0.2) is 24.4 Å². The molecule has 24 heavy (non-hydrogen) atoms. The quantitative estimate of drug-likeness (QED) is 0.852. The normalized spacial score (nSPS) is 27.0. The third-order valence-electron chi connectivity index (χ3n) is 5.98. The zero-order valence-corrected chi connectivity index (χ0v) is 14.3. The molecule has 0 aliphatic carbocycles. The number of hydrogen-bond donors (Lipinski definition) is 0. The number of pyridine rings is 1. The van der Waals surface area contributed by atoms with Crippen LogP contribution in [0.5, 0.6) is 0 Å². The fourth-order valence-corrected chi connectivity index (χ4v) is 4.41. The van der Waals surface area contributed by atoms with E-state index in [1.54, 1.807) is 0 Å². The van der Waals surface area contributed by atoms with Crippen molar-refractivity contribution in [1.29, 1.82) is 0 Å². The number of rotatable bonds is 3. The van der Waals surface area contributed by atoms with Gasteiger partial charge in [0.2, 0.25) is 0 Å². The van der Waals surface area contributed by atoms with Crippen molar-refractivity contribution in [3.63, 3.8) is 0 Å². The molecule has 3 aliphatic heterocycles.